The largest absolute Gasteiger partial charge is 0.399 e. The molecule has 0 saturated heterocycles. The smallest absolute Gasteiger partial charge is 0.253 e. The first-order chi connectivity index (χ1) is 8.43. The number of hydrogen-bond acceptors (Lipinski definition) is 3. The van der Waals surface area contributed by atoms with Crippen molar-refractivity contribution in [3.05, 3.63) is 34.9 Å². The lowest BCUT2D eigenvalue weighted by atomic mass is 10.1. The van der Waals surface area contributed by atoms with E-state index in [1.807, 2.05) is 32.9 Å². The van der Waals surface area contributed by atoms with E-state index in [1.165, 1.54) is 7.11 Å². The van der Waals surface area contributed by atoms with Gasteiger partial charge in [-0.05, 0) is 32.9 Å². The lowest BCUT2D eigenvalue weighted by molar-refractivity contribution is 0.0813. The molecule has 0 fully saturated rings. The highest BCUT2D eigenvalue weighted by molar-refractivity contribution is 5.97. The van der Waals surface area contributed by atoms with E-state index in [9.17, 15) is 4.79 Å². The van der Waals surface area contributed by atoms with E-state index in [1.54, 1.807) is 11.9 Å². The zero-order chi connectivity index (χ0) is 13.7. The van der Waals surface area contributed by atoms with Crippen LogP contribution in [0.25, 0.3) is 0 Å². The molecule has 0 atom stereocenters. The maximum Gasteiger partial charge on any atom is 0.253 e. The van der Waals surface area contributed by atoms with Crippen molar-refractivity contribution in [1.82, 2.24) is 4.90 Å². The molecule has 0 aliphatic rings. The topological polar surface area (TPSA) is 41.9 Å². The van der Waals surface area contributed by atoms with E-state index in [-0.39, 0.29) is 5.91 Å². The zero-order valence-corrected chi connectivity index (χ0v) is 11.7. The van der Waals surface area contributed by atoms with E-state index >= 15 is 0 Å². The van der Waals surface area contributed by atoms with Crippen LogP contribution in [0.1, 0.15) is 28.4 Å². The van der Waals surface area contributed by atoms with Gasteiger partial charge in [-0.25, -0.2) is 0 Å². The molecule has 98 valence electrons. The van der Waals surface area contributed by atoms with Gasteiger partial charge in [0.2, 0.25) is 0 Å². The Kier molecular flexibility index (Phi) is 4.89. The molecular formula is C14H20N2O2. The highest BCUT2D eigenvalue weighted by atomic mass is 16.6. The zero-order valence-electron chi connectivity index (χ0n) is 11.7. The molecule has 1 aromatic carbocycles. The predicted molar refractivity (Wildman–Crippen MR) is 73.0 cm³/mol. The van der Waals surface area contributed by atoms with Crippen LogP contribution in [0.15, 0.2) is 23.4 Å². The fraction of sp³-hybridized carbons (Fsp3) is 0.429. The number of aryl methyl sites for hydroxylation is 2. The van der Waals surface area contributed by atoms with Gasteiger partial charge in [-0.1, -0.05) is 22.3 Å². The molecule has 0 spiro atoms. The second-order valence-electron chi connectivity index (χ2n) is 4.55. The lowest BCUT2D eigenvalue weighted by Gasteiger charge is -2.17. The van der Waals surface area contributed by atoms with Crippen LogP contribution in [0.2, 0.25) is 0 Å². The van der Waals surface area contributed by atoms with Crippen LogP contribution in [0.5, 0.6) is 0 Å². The summed E-state index contributed by atoms with van der Waals surface area (Å²) in [5, 5.41) is 3.80. The van der Waals surface area contributed by atoms with Crippen LogP contribution in [0, 0.1) is 13.8 Å². The van der Waals surface area contributed by atoms with Gasteiger partial charge >= 0.3 is 0 Å². The second kappa shape index (κ2) is 6.19. The van der Waals surface area contributed by atoms with Crippen LogP contribution in [0.4, 0.5) is 0 Å². The van der Waals surface area contributed by atoms with E-state index in [0.717, 1.165) is 16.8 Å². The Labute approximate surface area is 108 Å². The molecule has 0 bridgehead atoms. The Hall–Kier alpha value is -1.84. The standard InChI is InChI=1S/C14H20N2O2/c1-10-6-11(2)8-13(7-10)14(17)16(4)9-12(3)15-18-5/h6-8H,9H2,1-5H3/b15-12+. The molecule has 0 unspecified atom stereocenters. The van der Waals surface area contributed by atoms with Crippen molar-refractivity contribution in [3.63, 3.8) is 0 Å². The molecule has 0 N–H and O–H groups in total. The molecule has 1 rings (SSSR count). The van der Waals surface area contributed by atoms with Gasteiger partial charge in [-0.3, -0.25) is 4.79 Å². The maximum absolute atomic E-state index is 12.2. The van der Waals surface area contributed by atoms with E-state index in [4.69, 9.17) is 0 Å². The number of carbonyl (C=O) groups excluding carboxylic acids is 1. The molecule has 0 heterocycles. The molecular weight excluding hydrogens is 228 g/mol. The SMILES string of the molecule is CO/N=C(\C)CN(C)C(=O)c1cc(C)cc(C)c1. The third-order valence-electron chi connectivity index (χ3n) is 2.53. The summed E-state index contributed by atoms with van der Waals surface area (Å²) in [5.41, 5.74) is 3.65. The van der Waals surface area contributed by atoms with Crippen LogP contribution in [0.3, 0.4) is 0 Å². The molecule has 4 heteroatoms. The van der Waals surface area contributed by atoms with Gasteiger partial charge in [0.05, 0.1) is 12.3 Å². The normalized spacial score (nSPS) is 11.3. The van der Waals surface area contributed by atoms with Gasteiger partial charge in [-0.15, -0.1) is 0 Å². The first kappa shape index (κ1) is 14.2. The molecule has 0 aliphatic heterocycles. The highest BCUT2D eigenvalue weighted by Gasteiger charge is 2.13. The summed E-state index contributed by atoms with van der Waals surface area (Å²) >= 11 is 0. The van der Waals surface area contributed by atoms with Crippen molar-refractivity contribution in [1.29, 1.82) is 0 Å². The molecule has 0 aromatic heterocycles. The Morgan fingerprint density at radius 1 is 1.28 bits per heavy atom. The number of benzene rings is 1. The van der Waals surface area contributed by atoms with Gasteiger partial charge in [-0.2, -0.15) is 0 Å². The summed E-state index contributed by atoms with van der Waals surface area (Å²) in [6, 6.07) is 5.84. The van der Waals surface area contributed by atoms with E-state index in [0.29, 0.717) is 12.1 Å². The second-order valence-corrected chi connectivity index (χ2v) is 4.55. The third kappa shape index (κ3) is 3.87. The lowest BCUT2D eigenvalue weighted by Crippen LogP contribution is -2.31. The monoisotopic (exact) mass is 248 g/mol. The predicted octanol–water partition coefficient (Wildman–Crippen LogP) is 2.40. The van der Waals surface area contributed by atoms with Crippen molar-refractivity contribution in [2.75, 3.05) is 20.7 Å². The fourth-order valence-electron chi connectivity index (χ4n) is 1.92. The summed E-state index contributed by atoms with van der Waals surface area (Å²) in [5.74, 6) is -0.00699. The molecule has 4 nitrogen and oxygen atoms in total. The van der Waals surface area contributed by atoms with Gasteiger partial charge in [0.15, 0.2) is 0 Å². The molecule has 18 heavy (non-hydrogen) atoms. The van der Waals surface area contributed by atoms with Gasteiger partial charge in [0.25, 0.3) is 5.91 Å². The van der Waals surface area contributed by atoms with Crippen LogP contribution in [-0.4, -0.2) is 37.2 Å². The van der Waals surface area contributed by atoms with Crippen molar-refractivity contribution in [3.8, 4) is 0 Å². The van der Waals surface area contributed by atoms with E-state index < -0.39 is 0 Å². The average molecular weight is 248 g/mol. The number of amides is 1. The highest BCUT2D eigenvalue weighted by Crippen LogP contribution is 2.10. The maximum atomic E-state index is 12.2. The van der Waals surface area contributed by atoms with E-state index in [2.05, 4.69) is 16.1 Å². The minimum Gasteiger partial charge on any atom is -0.399 e. The Bertz CT molecular complexity index is 447. The molecule has 1 amide bonds. The van der Waals surface area contributed by atoms with Crippen LogP contribution < -0.4 is 0 Å². The Morgan fingerprint density at radius 2 is 1.83 bits per heavy atom. The fourth-order valence-corrected chi connectivity index (χ4v) is 1.92. The molecule has 0 aliphatic carbocycles. The molecule has 0 radical (unpaired) electrons. The molecule has 0 saturated carbocycles. The minimum absolute atomic E-state index is 0.00699. The third-order valence-corrected chi connectivity index (χ3v) is 2.53. The van der Waals surface area contributed by atoms with Crippen LogP contribution in [-0.2, 0) is 4.84 Å². The summed E-state index contributed by atoms with van der Waals surface area (Å²) in [6.45, 7) is 6.26. The first-order valence-electron chi connectivity index (χ1n) is 5.84. The van der Waals surface area contributed by atoms with Crippen molar-refractivity contribution in [2.45, 2.75) is 20.8 Å². The number of nitrogens with zero attached hydrogens (tertiary/aromatic N) is 2. The summed E-state index contributed by atoms with van der Waals surface area (Å²) in [6.07, 6.45) is 0. The van der Waals surface area contributed by atoms with Gasteiger partial charge < -0.3 is 9.74 Å². The Balaban J connectivity index is 2.83. The van der Waals surface area contributed by atoms with Gasteiger partial charge in [0.1, 0.15) is 7.11 Å². The number of carbonyl (C=O) groups is 1. The quantitative estimate of drug-likeness (QED) is 0.606. The average Bonchev–Trinajstić information content (AvgIpc) is 2.26. The number of oxime groups is 1. The van der Waals surface area contributed by atoms with Crippen molar-refractivity contribution in [2.24, 2.45) is 5.16 Å². The van der Waals surface area contributed by atoms with Gasteiger partial charge in [0, 0.05) is 12.6 Å². The number of hydrogen-bond donors (Lipinski definition) is 0. The number of rotatable bonds is 4. The van der Waals surface area contributed by atoms with Crippen molar-refractivity contribution < 1.29 is 9.63 Å². The summed E-state index contributed by atoms with van der Waals surface area (Å²) in [7, 11) is 3.25. The summed E-state index contributed by atoms with van der Waals surface area (Å²) < 4.78 is 0. The first-order valence-corrected chi connectivity index (χ1v) is 5.84. The molecule has 1 aromatic rings. The summed E-state index contributed by atoms with van der Waals surface area (Å²) in [4.78, 5) is 18.5. The van der Waals surface area contributed by atoms with Crippen LogP contribution >= 0.6 is 0 Å². The Morgan fingerprint density at radius 3 is 2.33 bits per heavy atom. The minimum atomic E-state index is -0.00699. The van der Waals surface area contributed by atoms with Crippen molar-refractivity contribution >= 4 is 11.6 Å².